The quantitative estimate of drug-likeness (QED) is 0.442. The van der Waals surface area contributed by atoms with Gasteiger partial charge in [-0.05, 0) is 37.3 Å². The standard InChI is InChI=1S/C14H17ClO3S/c1-19-10-7-8-11(12(15)9-10)13(16)5-3-2-4-6-14(17)18/h7-9H,2-6H2,1H3,(H,17,18). The fraction of sp³-hybridized carbons (Fsp3) is 0.429. The van der Waals surface area contributed by atoms with Gasteiger partial charge in [0.2, 0.25) is 0 Å². The van der Waals surface area contributed by atoms with E-state index in [1.807, 2.05) is 12.3 Å². The molecule has 0 bridgehead atoms. The van der Waals surface area contributed by atoms with Crippen LogP contribution in [0.4, 0.5) is 0 Å². The third-order valence-corrected chi connectivity index (χ3v) is 3.81. The number of unbranched alkanes of at least 4 members (excludes halogenated alkanes) is 2. The van der Waals surface area contributed by atoms with Crippen LogP contribution in [0.5, 0.6) is 0 Å². The maximum absolute atomic E-state index is 12.0. The summed E-state index contributed by atoms with van der Waals surface area (Å²) in [5.74, 6) is -0.769. The first kappa shape index (κ1) is 16.1. The van der Waals surface area contributed by atoms with E-state index < -0.39 is 5.97 Å². The van der Waals surface area contributed by atoms with Crippen molar-refractivity contribution in [1.29, 1.82) is 0 Å². The number of benzene rings is 1. The number of ketones is 1. The number of hydrogen-bond donors (Lipinski definition) is 1. The van der Waals surface area contributed by atoms with Crippen LogP contribution in [0.25, 0.3) is 0 Å². The van der Waals surface area contributed by atoms with Crippen molar-refractivity contribution in [3.63, 3.8) is 0 Å². The molecule has 1 aromatic rings. The molecular weight excluding hydrogens is 284 g/mol. The Morgan fingerprint density at radius 2 is 1.89 bits per heavy atom. The molecule has 0 heterocycles. The molecule has 0 aliphatic rings. The van der Waals surface area contributed by atoms with E-state index in [-0.39, 0.29) is 12.2 Å². The Balaban J connectivity index is 2.43. The second-order valence-corrected chi connectivity index (χ2v) is 5.51. The highest BCUT2D eigenvalue weighted by Gasteiger charge is 2.10. The summed E-state index contributed by atoms with van der Waals surface area (Å²) in [6.45, 7) is 0. The number of rotatable bonds is 8. The van der Waals surface area contributed by atoms with Gasteiger partial charge in [-0.25, -0.2) is 0 Å². The van der Waals surface area contributed by atoms with E-state index in [1.165, 1.54) is 0 Å². The topological polar surface area (TPSA) is 54.4 Å². The Hall–Kier alpha value is -1.00. The molecule has 0 atom stereocenters. The fourth-order valence-corrected chi connectivity index (χ4v) is 2.51. The lowest BCUT2D eigenvalue weighted by molar-refractivity contribution is -0.137. The van der Waals surface area contributed by atoms with Crippen molar-refractivity contribution < 1.29 is 14.7 Å². The minimum atomic E-state index is -0.790. The smallest absolute Gasteiger partial charge is 0.303 e. The van der Waals surface area contributed by atoms with Crippen LogP contribution < -0.4 is 0 Å². The van der Waals surface area contributed by atoms with Crippen molar-refractivity contribution in [1.82, 2.24) is 0 Å². The number of carbonyl (C=O) groups is 2. The van der Waals surface area contributed by atoms with Crippen LogP contribution in [-0.2, 0) is 4.79 Å². The number of carboxylic acid groups (broad SMARTS) is 1. The summed E-state index contributed by atoms with van der Waals surface area (Å²) in [7, 11) is 0. The maximum Gasteiger partial charge on any atom is 0.303 e. The Kier molecular flexibility index (Phi) is 6.95. The number of hydrogen-bond acceptors (Lipinski definition) is 3. The lowest BCUT2D eigenvalue weighted by atomic mass is 10.0. The molecule has 0 unspecified atom stereocenters. The van der Waals surface area contributed by atoms with Crippen LogP contribution in [0.2, 0.25) is 5.02 Å². The number of aliphatic carboxylic acids is 1. The van der Waals surface area contributed by atoms with Gasteiger partial charge in [0.1, 0.15) is 0 Å². The van der Waals surface area contributed by atoms with Crippen molar-refractivity contribution >= 4 is 35.1 Å². The highest BCUT2D eigenvalue weighted by molar-refractivity contribution is 7.98. The molecule has 0 fully saturated rings. The molecule has 0 saturated heterocycles. The van der Waals surface area contributed by atoms with Crippen LogP contribution in [-0.4, -0.2) is 23.1 Å². The van der Waals surface area contributed by atoms with Crippen molar-refractivity contribution in [2.45, 2.75) is 37.0 Å². The molecule has 0 aliphatic carbocycles. The van der Waals surface area contributed by atoms with E-state index in [0.717, 1.165) is 11.3 Å². The minimum Gasteiger partial charge on any atom is -0.481 e. The number of halogens is 1. The van der Waals surface area contributed by atoms with E-state index in [0.29, 0.717) is 29.8 Å². The molecule has 0 spiro atoms. The van der Waals surface area contributed by atoms with Crippen molar-refractivity contribution in [3.05, 3.63) is 28.8 Å². The Morgan fingerprint density at radius 1 is 1.21 bits per heavy atom. The average Bonchev–Trinajstić information content (AvgIpc) is 2.37. The first-order valence-corrected chi connectivity index (χ1v) is 7.73. The Morgan fingerprint density at radius 3 is 2.47 bits per heavy atom. The predicted molar refractivity (Wildman–Crippen MR) is 78.3 cm³/mol. The zero-order chi connectivity index (χ0) is 14.3. The fourth-order valence-electron chi connectivity index (χ4n) is 1.72. The maximum atomic E-state index is 12.0. The summed E-state index contributed by atoms with van der Waals surface area (Å²) >= 11 is 7.65. The lowest BCUT2D eigenvalue weighted by Crippen LogP contribution is -2.00. The van der Waals surface area contributed by atoms with Crippen LogP contribution in [0.3, 0.4) is 0 Å². The second kappa shape index (κ2) is 8.23. The minimum absolute atomic E-state index is 0.0213. The SMILES string of the molecule is CSc1ccc(C(=O)CCCCCC(=O)O)c(Cl)c1. The van der Waals surface area contributed by atoms with Crippen LogP contribution in [0.1, 0.15) is 42.5 Å². The predicted octanol–water partition coefficient (Wildman–Crippen LogP) is 4.28. The van der Waals surface area contributed by atoms with E-state index in [9.17, 15) is 9.59 Å². The van der Waals surface area contributed by atoms with Gasteiger partial charge in [-0.3, -0.25) is 9.59 Å². The van der Waals surface area contributed by atoms with Gasteiger partial charge in [0.15, 0.2) is 5.78 Å². The molecule has 19 heavy (non-hydrogen) atoms. The molecule has 0 radical (unpaired) electrons. The van der Waals surface area contributed by atoms with E-state index in [2.05, 4.69) is 0 Å². The number of carboxylic acids is 1. The molecule has 3 nitrogen and oxygen atoms in total. The van der Waals surface area contributed by atoms with Gasteiger partial charge in [0.25, 0.3) is 0 Å². The van der Waals surface area contributed by atoms with E-state index in [1.54, 1.807) is 23.9 Å². The Labute approximate surface area is 122 Å². The Bertz CT molecular complexity index is 460. The van der Waals surface area contributed by atoms with E-state index >= 15 is 0 Å². The molecule has 0 saturated carbocycles. The third kappa shape index (κ3) is 5.66. The molecule has 0 aliphatic heterocycles. The summed E-state index contributed by atoms with van der Waals surface area (Å²) in [4.78, 5) is 23.3. The van der Waals surface area contributed by atoms with Gasteiger partial charge in [0.05, 0.1) is 5.02 Å². The monoisotopic (exact) mass is 300 g/mol. The van der Waals surface area contributed by atoms with Crippen molar-refractivity contribution in [3.8, 4) is 0 Å². The van der Waals surface area contributed by atoms with Gasteiger partial charge in [-0.15, -0.1) is 11.8 Å². The van der Waals surface area contributed by atoms with Crippen molar-refractivity contribution in [2.75, 3.05) is 6.26 Å². The third-order valence-electron chi connectivity index (χ3n) is 2.77. The average molecular weight is 301 g/mol. The van der Waals surface area contributed by atoms with Crippen molar-refractivity contribution in [2.24, 2.45) is 0 Å². The summed E-state index contributed by atoms with van der Waals surface area (Å²) in [5, 5.41) is 8.99. The highest BCUT2D eigenvalue weighted by Crippen LogP contribution is 2.24. The largest absolute Gasteiger partial charge is 0.481 e. The number of Topliss-reactive ketones (excluding diaryl/α,β-unsaturated/α-hetero) is 1. The van der Waals surface area contributed by atoms with Gasteiger partial charge >= 0.3 is 5.97 Å². The van der Waals surface area contributed by atoms with Gasteiger partial charge < -0.3 is 5.11 Å². The molecule has 1 N–H and O–H groups in total. The molecule has 1 aromatic carbocycles. The van der Waals surface area contributed by atoms with Gasteiger partial charge in [-0.2, -0.15) is 0 Å². The summed E-state index contributed by atoms with van der Waals surface area (Å²) < 4.78 is 0. The number of carbonyl (C=O) groups excluding carboxylic acids is 1. The summed E-state index contributed by atoms with van der Waals surface area (Å²) in [6.07, 6.45) is 4.60. The first-order valence-electron chi connectivity index (χ1n) is 6.13. The lowest BCUT2D eigenvalue weighted by Gasteiger charge is -2.05. The van der Waals surface area contributed by atoms with Gasteiger partial charge in [0, 0.05) is 23.3 Å². The van der Waals surface area contributed by atoms with Gasteiger partial charge in [-0.1, -0.05) is 18.0 Å². The molecule has 0 aromatic heterocycles. The molecule has 5 heteroatoms. The van der Waals surface area contributed by atoms with E-state index in [4.69, 9.17) is 16.7 Å². The van der Waals surface area contributed by atoms with Crippen LogP contribution in [0, 0.1) is 0 Å². The highest BCUT2D eigenvalue weighted by atomic mass is 35.5. The molecule has 1 rings (SSSR count). The second-order valence-electron chi connectivity index (χ2n) is 4.22. The molecular formula is C14H17ClO3S. The summed E-state index contributed by atoms with van der Waals surface area (Å²) in [6, 6.07) is 5.44. The zero-order valence-corrected chi connectivity index (χ0v) is 12.4. The molecule has 104 valence electrons. The zero-order valence-electron chi connectivity index (χ0n) is 10.8. The van der Waals surface area contributed by atoms with Crippen LogP contribution in [0.15, 0.2) is 23.1 Å². The molecule has 0 amide bonds. The summed E-state index contributed by atoms with van der Waals surface area (Å²) in [5.41, 5.74) is 0.553. The number of thioether (sulfide) groups is 1. The normalized spacial score (nSPS) is 10.4. The first-order chi connectivity index (χ1) is 9.04. The van der Waals surface area contributed by atoms with Crippen LogP contribution >= 0.6 is 23.4 Å².